The highest BCUT2D eigenvalue weighted by Gasteiger charge is 2.06. The molecule has 0 atom stereocenters. The Hall–Kier alpha value is -2.59. The first-order chi connectivity index (χ1) is 11.9. The van der Waals surface area contributed by atoms with Crippen molar-refractivity contribution in [2.24, 2.45) is 0 Å². The van der Waals surface area contributed by atoms with Gasteiger partial charge in [-0.2, -0.15) is 0 Å². The second-order valence-corrected chi connectivity index (χ2v) is 7.07. The fourth-order valence-corrected chi connectivity index (χ4v) is 2.48. The number of rotatable bonds is 6. The Labute approximate surface area is 145 Å². The van der Waals surface area contributed by atoms with Crippen LogP contribution in [-0.2, 0) is 10.0 Å². The molecule has 7 heteroatoms. The number of ether oxygens (including phenoxy) is 1. The number of nitrogens with one attached hydrogen (secondary N) is 1. The quantitative estimate of drug-likeness (QED) is 0.798. The summed E-state index contributed by atoms with van der Waals surface area (Å²) in [5.41, 5.74) is 1.78. The van der Waals surface area contributed by atoms with Gasteiger partial charge in [-0.15, -0.1) is 0 Å². The average molecular weight is 365 g/mol. The van der Waals surface area contributed by atoms with Gasteiger partial charge in [-0.1, -0.05) is 17.9 Å². The predicted molar refractivity (Wildman–Crippen MR) is 93.4 cm³/mol. The third-order valence-electron chi connectivity index (χ3n) is 3.10. The van der Waals surface area contributed by atoms with E-state index >= 15 is 0 Å². The second kappa shape index (κ2) is 8.49. The van der Waals surface area contributed by atoms with Gasteiger partial charge in [-0.05, 0) is 49.4 Å². The summed E-state index contributed by atoms with van der Waals surface area (Å²) in [6, 6.07) is 13.2. The Kier molecular flexibility index (Phi) is 6.37. The third kappa shape index (κ3) is 6.43. The lowest BCUT2D eigenvalue weighted by Crippen LogP contribution is -2.14. The van der Waals surface area contributed by atoms with Crippen molar-refractivity contribution in [2.45, 2.75) is 13.3 Å². The lowest BCUT2D eigenvalue weighted by Gasteiger charge is -2.05. The molecule has 132 valence electrons. The molecule has 0 aliphatic heterocycles. The zero-order valence-corrected chi connectivity index (χ0v) is 14.3. The molecule has 0 unspecified atom stereocenters. The topological polar surface area (TPSA) is 55.4 Å². The van der Waals surface area contributed by atoms with E-state index < -0.39 is 23.1 Å². The molecular weight excluding hydrogens is 348 g/mol. The summed E-state index contributed by atoms with van der Waals surface area (Å²) in [7, 11) is -3.34. The molecule has 2 rings (SSSR count). The molecule has 1 N–H and O–H groups in total. The minimum Gasteiger partial charge on any atom is -0.488 e. The Morgan fingerprint density at radius 1 is 1.08 bits per heavy atom. The summed E-state index contributed by atoms with van der Waals surface area (Å²) in [5.74, 6) is 6.19. The summed E-state index contributed by atoms with van der Waals surface area (Å²) in [6.45, 7) is 0.909. The molecule has 0 spiro atoms. The van der Waals surface area contributed by atoms with Crippen molar-refractivity contribution in [3.8, 4) is 17.6 Å². The van der Waals surface area contributed by atoms with Gasteiger partial charge in [0.05, 0.1) is 5.75 Å². The SMILES string of the molecule is CCS(=O)(=O)Nc1cccc(C#Cc2ccc(OCC(F)F)cc2)c1. The van der Waals surface area contributed by atoms with Crippen LogP contribution in [0.2, 0.25) is 0 Å². The van der Waals surface area contributed by atoms with Crippen molar-refractivity contribution in [2.75, 3.05) is 17.1 Å². The number of anilines is 1. The van der Waals surface area contributed by atoms with Gasteiger partial charge in [-0.25, -0.2) is 17.2 Å². The molecule has 0 bridgehead atoms. The molecule has 0 fully saturated rings. The molecule has 0 heterocycles. The molecule has 0 radical (unpaired) electrons. The number of hydrogen-bond donors (Lipinski definition) is 1. The van der Waals surface area contributed by atoms with Crippen LogP contribution >= 0.6 is 0 Å². The smallest absolute Gasteiger partial charge is 0.272 e. The lowest BCUT2D eigenvalue weighted by atomic mass is 10.1. The van der Waals surface area contributed by atoms with Gasteiger partial charge >= 0.3 is 0 Å². The van der Waals surface area contributed by atoms with Crippen molar-refractivity contribution in [1.82, 2.24) is 0 Å². The van der Waals surface area contributed by atoms with Crippen LogP contribution < -0.4 is 9.46 Å². The molecule has 0 saturated carbocycles. The van der Waals surface area contributed by atoms with E-state index in [4.69, 9.17) is 4.74 Å². The van der Waals surface area contributed by atoms with Crippen molar-refractivity contribution >= 4 is 15.7 Å². The van der Waals surface area contributed by atoms with Crippen LogP contribution in [0.15, 0.2) is 48.5 Å². The summed E-state index contributed by atoms with van der Waals surface area (Å²) in [4.78, 5) is 0. The number of hydrogen-bond acceptors (Lipinski definition) is 3. The van der Waals surface area contributed by atoms with Crippen LogP contribution in [0.3, 0.4) is 0 Å². The Morgan fingerprint density at radius 2 is 1.76 bits per heavy atom. The third-order valence-corrected chi connectivity index (χ3v) is 4.40. The predicted octanol–water partition coefficient (Wildman–Crippen LogP) is 3.49. The molecule has 25 heavy (non-hydrogen) atoms. The fourth-order valence-electron chi connectivity index (χ4n) is 1.85. The van der Waals surface area contributed by atoms with Crippen LogP contribution in [-0.4, -0.2) is 27.2 Å². The Balaban J connectivity index is 2.08. The fraction of sp³-hybridized carbons (Fsp3) is 0.222. The van der Waals surface area contributed by atoms with E-state index in [1.54, 1.807) is 55.5 Å². The molecule has 2 aromatic carbocycles. The van der Waals surface area contributed by atoms with Crippen LogP contribution in [0, 0.1) is 11.8 Å². The standard InChI is InChI=1S/C18H17F2NO3S/c1-2-25(22,23)21-16-5-3-4-15(12-16)7-6-14-8-10-17(11-9-14)24-13-18(19)20/h3-5,8-12,18,21H,2,13H2,1H3. The van der Waals surface area contributed by atoms with Crippen LogP contribution in [0.1, 0.15) is 18.1 Å². The molecular formula is C18H17F2NO3S. The molecule has 0 amide bonds. The molecule has 2 aromatic rings. The molecule has 0 aliphatic carbocycles. The van der Waals surface area contributed by atoms with E-state index in [-0.39, 0.29) is 5.75 Å². The van der Waals surface area contributed by atoms with E-state index in [1.165, 1.54) is 0 Å². The van der Waals surface area contributed by atoms with Gasteiger partial charge in [0.15, 0.2) is 0 Å². The zero-order chi connectivity index (χ0) is 18.3. The van der Waals surface area contributed by atoms with Gasteiger partial charge in [0.1, 0.15) is 12.4 Å². The van der Waals surface area contributed by atoms with Crippen molar-refractivity contribution in [1.29, 1.82) is 0 Å². The van der Waals surface area contributed by atoms with Gasteiger partial charge in [0.25, 0.3) is 6.43 Å². The van der Waals surface area contributed by atoms with Crippen molar-refractivity contribution < 1.29 is 21.9 Å². The first-order valence-corrected chi connectivity index (χ1v) is 9.17. The van der Waals surface area contributed by atoms with Crippen LogP contribution in [0.25, 0.3) is 0 Å². The number of sulfonamides is 1. The highest BCUT2D eigenvalue weighted by atomic mass is 32.2. The maximum absolute atomic E-state index is 12.1. The van der Waals surface area contributed by atoms with Crippen molar-refractivity contribution in [3.63, 3.8) is 0 Å². The second-order valence-electron chi connectivity index (χ2n) is 5.06. The van der Waals surface area contributed by atoms with E-state index in [2.05, 4.69) is 16.6 Å². The van der Waals surface area contributed by atoms with Gasteiger partial charge in [0.2, 0.25) is 10.0 Å². The monoisotopic (exact) mass is 365 g/mol. The van der Waals surface area contributed by atoms with Gasteiger partial charge < -0.3 is 4.74 Å². The Bertz CT molecular complexity index is 869. The normalized spacial score (nSPS) is 10.9. The molecule has 4 nitrogen and oxygen atoms in total. The minimum absolute atomic E-state index is 0.0110. The summed E-state index contributed by atoms with van der Waals surface area (Å²) >= 11 is 0. The molecule has 0 saturated heterocycles. The van der Waals surface area contributed by atoms with Crippen LogP contribution in [0.4, 0.5) is 14.5 Å². The van der Waals surface area contributed by atoms with E-state index in [0.717, 1.165) is 0 Å². The Morgan fingerprint density at radius 3 is 2.40 bits per heavy atom. The zero-order valence-electron chi connectivity index (χ0n) is 13.5. The number of alkyl halides is 2. The molecule has 0 aromatic heterocycles. The van der Waals surface area contributed by atoms with E-state index in [9.17, 15) is 17.2 Å². The van der Waals surface area contributed by atoms with Gasteiger partial charge in [-0.3, -0.25) is 4.72 Å². The maximum atomic E-state index is 12.1. The highest BCUT2D eigenvalue weighted by molar-refractivity contribution is 7.92. The number of halogens is 2. The average Bonchev–Trinajstić information content (AvgIpc) is 2.59. The summed E-state index contributed by atoms with van der Waals surface area (Å²) in [6.07, 6.45) is -2.52. The minimum atomic E-state index is -3.34. The first kappa shape index (κ1) is 18.7. The summed E-state index contributed by atoms with van der Waals surface area (Å²) < 4.78 is 54.7. The lowest BCUT2D eigenvalue weighted by molar-refractivity contribution is 0.0819. The first-order valence-electron chi connectivity index (χ1n) is 7.51. The molecule has 0 aliphatic rings. The van der Waals surface area contributed by atoms with Crippen molar-refractivity contribution in [3.05, 3.63) is 59.7 Å². The maximum Gasteiger partial charge on any atom is 0.272 e. The largest absolute Gasteiger partial charge is 0.488 e. The summed E-state index contributed by atoms with van der Waals surface area (Å²) in [5, 5.41) is 0. The van der Waals surface area contributed by atoms with Crippen LogP contribution in [0.5, 0.6) is 5.75 Å². The number of benzene rings is 2. The van der Waals surface area contributed by atoms with E-state index in [1.807, 2.05) is 0 Å². The highest BCUT2D eigenvalue weighted by Crippen LogP contribution is 2.14. The van der Waals surface area contributed by atoms with Gasteiger partial charge in [0, 0.05) is 16.8 Å². The van der Waals surface area contributed by atoms with E-state index in [0.29, 0.717) is 22.6 Å².